The van der Waals surface area contributed by atoms with E-state index in [1.54, 1.807) is 0 Å². The Morgan fingerprint density at radius 2 is 0.655 bits per heavy atom. The first-order valence-corrected chi connectivity index (χ1v) is 13.6. The monoisotopic (exact) mass is 402 g/mol. The van der Waals surface area contributed by atoms with Crippen LogP contribution >= 0.6 is 0 Å². The molecule has 0 aliphatic heterocycles. The van der Waals surface area contributed by atoms with Crippen molar-refractivity contribution in [2.75, 3.05) is 0 Å². The lowest BCUT2D eigenvalue weighted by atomic mass is 10.1. The first kappa shape index (κ1) is 21.5. The summed E-state index contributed by atoms with van der Waals surface area (Å²) in [6.07, 6.45) is 3.15. The lowest BCUT2D eigenvalue weighted by Crippen LogP contribution is -2.44. The van der Waals surface area contributed by atoms with Crippen LogP contribution in [0.2, 0.25) is 0 Å². The Morgan fingerprint density at radius 1 is 0.448 bits per heavy atom. The number of benzene rings is 3. The molecule has 0 amide bonds. The van der Waals surface area contributed by atoms with Crippen molar-refractivity contribution in [3.63, 3.8) is 0 Å². The molecule has 0 saturated carbocycles. The van der Waals surface area contributed by atoms with E-state index in [0.717, 1.165) is 37.4 Å². The minimum absolute atomic E-state index is 0.794. The fourth-order valence-electron chi connectivity index (χ4n) is 4.01. The molecule has 1 nitrogen and oxygen atoms in total. The Bertz CT molecular complexity index is 759. The lowest BCUT2D eigenvalue weighted by molar-refractivity contribution is 0.523. The number of aryl methyl sites for hydroxylation is 3. The maximum Gasteiger partial charge on any atom is 0.201 e. The molecular formula is C27H34OSi. The maximum absolute atomic E-state index is 11.9. The van der Waals surface area contributed by atoms with Crippen LogP contribution in [0.5, 0.6) is 0 Å². The molecule has 0 unspecified atom stereocenters. The summed E-state index contributed by atoms with van der Waals surface area (Å²) in [6, 6.07) is 28.8. The zero-order valence-electron chi connectivity index (χ0n) is 18.1. The Kier molecular flexibility index (Phi) is 7.46. The summed E-state index contributed by atoms with van der Waals surface area (Å²) in [7, 11) is -2.55. The van der Waals surface area contributed by atoms with Gasteiger partial charge in [0.05, 0.1) is 0 Å². The van der Waals surface area contributed by atoms with Gasteiger partial charge in [-0.25, -0.2) is 0 Å². The second-order valence-corrected chi connectivity index (χ2v) is 11.8. The van der Waals surface area contributed by atoms with Gasteiger partial charge in [0.25, 0.3) is 0 Å². The van der Waals surface area contributed by atoms with Crippen LogP contribution in [0.4, 0.5) is 0 Å². The zero-order chi connectivity index (χ0) is 20.7. The zero-order valence-corrected chi connectivity index (χ0v) is 19.1. The topological polar surface area (TPSA) is 20.2 Å². The van der Waals surface area contributed by atoms with Crippen molar-refractivity contribution in [3.05, 3.63) is 106 Å². The highest BCUT2D eigenvalue weighted by Gasteiger charge is 2.32. The summed E-state index contributed by atoms with van der Waals surface area (Å²) in [5.41, 5.74) is 7.82. The van der Waals surface area contributed by atoms with Gasteiger partial charge in [-0.15, -0.1) is 0 Å². The van der Waals surface area contributed by atoms with Gasteiger partial charge in [0, 0.05) is 0 Å². The van der Waals surface area contributed by atoms with Crippen molar-refractivity contribution < 1.29 is 4.80 Å². The molecule has 1 N–H and O–H groups in total. The quantitative estimate of drug-likeness (QED) is 0.438. The SMILES string of the molecule is CCc1ccc(C[Si](O)(Cc2ccc(CC)cc2)Cc2ccc(CC)cc2)cc1. The average molecular weight is 403 g/mol. The van der Waals surface area contributed by atoms with Crippen LogP contribution in [-0.4, -0.2) is 13.1 Å². The van der Waals surface area contributed by atoms with E-state index in [0.29, 0.717) is 0 Å². The van der Waals surface area contributed by atoms with Crippen molar-refractivity contribution >= 4 is 8.32 Å². The summed E-state index contributed by atoms with van der Waals surface area (Å²) in [5.74, 6) is 0. The molecule has 0 bridgehead atoms. The third-order valence-electron chi connectivity index (χ3n) is 5.89. The van der Waals surface area contributed by atoms with Crippen LogP contribution in [0.3, 0.4) is 0 Å². The van der Waals surface area contributed by atoms with E-state index in [-0.39, 0.29) is 0 Å². The molecule has 3 aromatic carbocycles. The Labute approximate surface area is 177 Å². The Morgan fingerprint density at radius 3 is 0.862 bits per heavy atom. The lowest BCUT2D eigenvalue weighted by Gasteiger charge is -2.26. The maximum atomic E-state index is 11.9. The van der Waals surface area contributed by atoms with E-state index in [4.69, 9.17) is 0 Å². The van der Waals surface area contributed by atoms with Crippen LogP contribution in [0.1, 0.15) is 54.2 Å². The van der Waals surface area contributed by atoms with Gasteiger partial charge in [-0.1, -0.05) is 93.6 Å². The van der Waals surface area contributed by atoms with Crippen molar-refractivity contribution in [3.8, 4) is 0 Å². The second-order valence-electron chi connectivity index (χ2n) is 8.26. The normalized spacial score (nSPS) is 11.6. The van der Waals surface area contributed by atoms with Crippen LogP contribution in [0.15, 0.2) is 72.8 Å². The smallest absolute Gasteiger partial charge is 0.201 e. The average Bonchev–Trinajstić information content (AvgIpc) is 2.75. The summed E-state index contributed by atoms with van der Waals surface area (Å²) >= 11 is 0. The Balaban J connectivity index is 1.84. The molecule has 3 rings (SSSR count). The van der Waals surface area contributed by atoms with Crippen LogP contribution in [0, 0.1) is 0 Å². The molecule has 3 aromatic rings. The van der Waals surface area contributed by atoms with E-state index in [9.17, 15) is 4.80 Å². The van der Waals surface area contributed by atoms with Gasteiger partial charge in [0.15, 0.2) is 0 Å². The molecule has 29 heavy (non-hydrogen) atoms. The van der Waals surface area contributed by atoms with Gasteiger partial charge in [-0.2, -0.15) is 0 Å². The van der Waals surface area contributed by atoms with E-state index >= 15 is 0 Å². The molecular weight excluding hydrogens is 368 g/mol. The molecule has 0 spiro atoms. The standard InChI is InChI=1S/C27H34OSi/c1-4-22-7-13-25(14-8-22)19-29(28,20-26-15-9-23(5-2)10-16-26)21-27-17-11-24(6-3)12-18-27/h7-18,28H,4-6,19-21H2,1-3H3. The van der Waals surface area contributed by atoms with Gasteiger partial charge in [0.1, 0.15) is 0 Å². The van der Waals surface area contributed by atoms with E-state index in [2.05, 4.69) is 93.6 Å². The number of hydrogen-bond donors (Lipinski definition) is 1. The molecule has 2 heteroatoms. The highest BCUT2D eigenvalue weighted by atomic mass is 28.4. The van der Waals surface area contributed by atoms with Gasteiger partial charge in [0.2, 0.25) is 8.32 Å². The summed E-state index contributed by atoms with van der Waals surface area (Å²) in [4.78, 5) is 11.9. The molecule has 0 saturated heterocycles. The fourth-order valence-corrected chi connectivity index (χ4v) is 7.37. The minimum Gasteiger partial charge on any atom is -0.431 e. The van der Waals surface area contributed by atoms with Crippen LogP contribution < -0.4 is 0 Å². The van der Waals surface area contributed by atoms with Crippen molar-refractivity contribution in [2.45, 2.75) is 58.2 Å². The molecule has 0 fully saturated rings. The molecule has 0 aliphatic rings. The molecule has 152 valence electrons. The predicted octanol–water partition coefficient (Wildman–Crippen LogP) is 5.96. The van der Waals surface area contributed by atoms with Crippen LogP contribution in [-0.2, 0) is 37.4 Å². The summed E-state index contributed by atoms with van der Waals surface area (Å²) in [6.45, 7) is 6.54. The van der Waals surface area contributed by atoms with Gasteiger partial charge < -0.3 is 4.80 Å². The predicted molar refractivity (Wildman–Crippen MR) is 127 cm³/mol. The molecule has 0 radical (unpaired) electrons. The highest BCUT2D eigenvalue weighted by molar-refractivity contribution is 6.70. The van der Waals surface area contributed by atoms with Gasteiger partial charge in [-0.3, -0.25) is 0 Å². The first-order valence-electron chi connectivity index (χ1n) is 11.0. The third kappa shape index (κ3) is 6.16. The van der Waals surface area contributed by atoms with E-state index in [1.807, 2.05) is 0 Å². The highest BCUT2D eigenvalue weighted by Crippen LogP contribution is 2.22. The van der Waals surface area contributed by atoms with Gasteiger partial charge in [-0.05, 0) is 70.8 Å². The van der Waals surface area contributed by atoms with E-state index in [1.165, 1.54) is 33.4 Å². The Hall–Kier alpha value is -2.16. The fraction of sp³-hybridized carbons (Fsp3) is 0.333. The second kappa shape index (κ2) is 10.0. The first-order chi connectivity index (χ1) is 14.0. The molecule has 0 aliphatic carbocycles. The van der Waals surface area contributed by atoms with E-state index < -0.39 is 8.32 Å². The summed E-state index contributed by atoms with van der Waals surface area (Å²) in [5, 5.41) is 0. The van der Waals surface area contributed by atoms with Gasteiger partial charge >= 0.3 is 0 Å². The van der Waals surface area contributed by atoms with Crippen molar-refractivity contribution in [1.82, 2.24) is 0 Å². The third-order valence-corrected chi connectivity index (χ3v) is 9.09. The summed E-state index contributed by atoms with van der Waals surface area (Å²) < 4.78 is 0. The molecule has 0 aromatic heterocycles. The number of rotatable bonds is 9. The molecule has 0 heterocycles. The van der Waals surface area contributed by atoms with Crippen molar-refractivity contribution in [1.29, 1.82) is 0 Å². The largest absolute Gasteiger partial charge is 0.431 e. The van der Waals surface area contributed by atoms with Crippen molar-refractivity contribution in [2.24, 2.45) is 0 Å². The van der Waals surface area contributed by atoms with Crippen LogP contribution in [0.25, 0.3) is 0 Å². The minimum atomic E-state index is -2.55. The number of hydrogen-bond acceptors (Lipinski definition) is 1. The molecule has 0 atom stereocenters.